The monoisotopic (exact) mass is 197 g/mol. The van der Waals surface area contributed by atoms with Crippen molar-refractivity contribution in [3.8, 4) is 0 Å². The van der Waals surface area contributed by atoms with Crippen LogP contribution in [0.4, 0.5) is 5.69 Å². The van der Waals surface area contributed by atoms with E-state index in [9.17, 15) is 9.59 Å². The number of carbonyl (C=O) groups is 1. The summed E-state index contributed by atoms with van der Waals surface area (Å²) in [6.45, 7) is 0. The summed E-state index contributed by atoms with van der Waals surface area (Å²) in [7, 11) is 0. The minimum atomic E-state index is -1.16. The maximum absolute atomic E-state index is 10.6. The second-order valence-electron chi connectivity index (χ2n) is 2.17. The van der Waals surface area contributed by atoms with E-state index in [1.165, 1.54) is 24.3 Å². The Morgan fingerprint density at radius 3 is 2.77 bits per heavy atom. The molecule has 13 heavy (non-hydrogen) atoms. The second-order valence-corrected chi connectivity index (χ2v) is 2.61. The first kappa shape index (κ1) is 9.45. The van der Waals surface area contributed by atoms with Crippen molar-refractivity contribution in [2.45, 2.75) is 0 Å². The summed E-state index contributed by atoms with van der Waals surface area (Å²) in [6, 6.07) is 3.98. The summed E-state index contributed by atoms with van der Waals surface area (Å²) in [5.41, 5.74) is -0.0669. The first-order chi connectivity index (χ1) is 6.15. The molecule has 1 aromatic rings. The fourth-order valence-corrected chi connectivity index (χ4v) is 0.994. The van der Waals surface area contributed by atoms with Crippen LogP contribution in [0.5, 0.6) is 0 Å². The average molecular weight is 198 g/mol. The molecule has 0 saturated carbocycles. The summed E-state index contributed by atoms with van der Waals surface area (Å²) in [5, 5.41) is 8.97. The van der Waals surface area contributed by atoms with Crippen LogP contribution in [-0.4, -0.2) is 17.2 Å². The molecule has 0 fully saturated rings. The van der Waals surface area contributed by atoms with Crippen molar-refractivity contribution in [3.63, 3.8) is 0 Å². The number of halogens is 1. The second kappa shape index (κ2) is 3.85. The number of nitrogens with zero attached hydrogens (tertiary/aromatic N) is 1. The summed E-state index contributed by atoms with van der Waals surface area (Å²) < 4.78 is 0. The van der Waals surface area contributed by atoms with Crippen LogP contribution in [0.25, 0.3) is 0 Å². The molecule has 0 aliphatic rings. The van der Waals surface area contributed by atoms with Crippen molar-refractivity contribution >= 4 is 29.3 Å². The zero-order valence-electron chi connectivity index (χ0n) is 6.32. The van der Waals surface area contributed by atoms with Crippen LogP contribution < -0.4 is 0 Å². The lowest BCUT2D eigenvalue weighted by Crippen LogP contribution is -1.95. The minimum Gasteiger partial charge on any atom is -0.478 e. The van der Waals surface area contributed by atoms with E-state index in [1.54, 1.807) is 0 Å². The van der Waals surface area contributed by atoms with Gasteiger partial charge in [0, 0.05) is 5.02 Å². The first-order valence-corrected chi connectivity index (χ1v) is 3.63. The number of rotatable bonds is 2. The number of isocyanates is 1. The molecule has 0 aromatic heterocycles. The van der Waals surface area contributed by atoms with Gasteiger partial charge in [0.25, 0.3) is 0 Å². The van der Waals surface area contributed by atoms with E-state index >= 15 is 0 Å². The Hall–Kier alpha value is -1.64. The highest BCUT2D eigenvalue weighted by molar-refractivity contribution is 6.31. The zero-order valence-corrected chi connectivity index (χ0v) is 7.08. The molecule has 0 atom stereocenters. The van der Waals surface area contributed by atoms with Gasteiger partial charge < -0.3 is 5.11 Å². The largest absolute Gasteiger partial charge is 0.478 e. The third-order valence-corrected chi connectivity index (χ3v) is 1.59. The number of benzene rings is 1. The van der Waals surface area contributed by atoms with Gasteiger partial charge in [0.2, 0.25) is 6.08 Å². The van der Waals surface area contributed by atoms with E-state index in [4.69, 9.17) is 16.7 Å². The van der Waals surface area contributed by atoms with Gasteiger partial charge in [-0.2, -0.15) is 4.99 Å². The standard InChI is InChI=1S/C8H4ClNO3/c9-5-1-2-6(8(12)13)7(3-5)10-4-11/h1-3H,(H,12,13). The quantitative estimate of drug-likeness (QED) is 0.583. The van der Waals surface area contributed by atoms with Gasteiger partial charge in [0.05, 0.1) is 11.3 Å². The van der Waals surface area contributed by atoms with E-state index in [0.29, 0.717) is 5.02 Å². The fraction of sp³-hybridized carbons (Fsp3) is 0. The maximum atomic E-state index is 10.6. The van der Waals surface area contributed by atoms with E-state index in [0.717, 1.165) is 0 Å². The van der Waals surface area contributed by atoms with Gasteiger partial charge >= 0.3 is 5.97 Å². The Bertz CT molecular complexity index is 396. The Labute approximate surface area is 78.5 Å². The highest BCUT2D eigenvalue weighted by Gasteiger charge is 2.09. The molecule has 0 amide bonds. The van der Waals surface area contributed by atoms with Crippen LogP contribution in [0, 0.1) is 0 Å². The predicted octanol–water partition coefficient (Wildman–Crippen LogP) is 2.01. The molecule has 0 spiro atoms. The highest BCUT2D eigenvalue weighted by atomic mass is 35.5. The highest BCUT2D eigenvalue weighted by Crippen LogP contribution is 2.23. The van der Waals surface area contributed by atoms with Gasteiger partial charge in [-0.25, -0.2) is 9.59 Å². The molecular weight excluding hydrogens is 194 g/mol. The van der Waals surface area contributed by atoms with Crippen LogP contribution in [0.15, 0.2) is 23.2 Å². The molecule has 0 radical (unpaired) electrons. The molecule has 1 aromatic carbocycles. The minimum absolute atomic E-state index is 0.00926. The van der Waals surface area contributed by atoms with Crippen LogP contribution in [-0.2, 0) is 4.79 Å². The first-order valence-electron chi connectivity index (χ1n) is 3.26. The van der Waals surface area contributed by atoms with E-state index in [2.05, 4.69) is 4.99 Å². The summed E-state index contributed by atoms with van der Waals surface area (Å²) in [4.78, 5) is 23.7. The lowest BCUT2D eigenvalue weighted by Gasteiger charge is -1.98. The van der Waals surface area contributed by atoms with Gasteiger partial charge in [0.15, 0.2) is 0 Å². The van der Waals surface area contributed by atoms with Gasteiger partial charge in [-0.1, -0.05) is 11.6 Å². The molecule has 1 N–H and O–H groups in total. The number of carbonyl (C=O) groups excluding carboxylic acids is 1. The molecule has 0 aliphatic carbocycles. The summed E-state index contributed by atoms with van der Waals surface area (Å²) >= 11 is 5.57. The Morgan fingerprint density at radius 2 is 2.23 bits per heavy atom. The molecule has 0 unspecified atom stereocenters. The lowest BCUT2D eigenvalue weighted by molar-refractivity contribution is 0.0698. The molecule has 0 heterocycles. The normalized spacial score (nSPS) is 9.00. The van der Waals surface area contributed by atoms with E-state index in [-0.39, 0.29) is 11.3 Å². The SMILES string of the molecule is O=C=Nc1cc(Cl)ccc1C(=O)O. The summed E-state index contributed by atoms with van der Waals surface area (Å²) in [6.07, 6.45) is 1.26. The maximum Gasteiger partial charge on any atom is 0.337 e. The van der Waals surface area contributed by atoms with Crippen LogP contribution in [0.3, 0.4) is 0 Å². The summed E-state index contributed by atoms with van der Waals surface area (Å²) in [5.74, 6) is -1.16. The van der Waals surface area contributed by atoms with Crippen LogP contribution in [0.2, 0.25) is 5.02 Å². The number of carboxylic acids is 1. The number of hydrogen-bond donors (Lipinski definition) is 1. The fourth-order valence-electron chi connectivity index (χ4n) is 0.827. The third kappa shape index (κ3) is 2.15. The number of aliphatic imine (C=N–C) groups is 1. The predicted molar refractivity (Wildman–Crippen MR) is 46.2 cm³/mol. The average Bonchev–Trinajstić information content (AvgIpc) is 2.04. The van der Waals surface area contributed by atoms with Crippen molar-refractivity contribution in [3.05, 3.63) is 28.8 Å². The zero-order chi connectivity index (χ0) is 9.84. The smallest absolute Gasteiger partial charge is 0.337 e. The van der Waals surface area contributed by atoms with Crippen LogP contribution >= 0.6 is 11.6 Å². The van der Waals surface area contributed by atoms with Gasteiger partial charge in [0.1, 0.15) is 0 Å². The van der Waals surface area contributed by atoms with E-state index < -0.39 is 5.97 Å². The van der Waals surface area contributed by atoms with E-state index in [1.807, 2.05) is 0 Å². The van der Waals surface area contributed by atoms with Crippen molar-refractivity contribution in [2.24, 2.45) is 4.99 Å². The number of hydrogen-bond acceptors (Lipinski definition) is 3. The van der Waals surface area contributed by atoms with Crippen molar-refractivity contribution in [1.82, 2.24) is 0 Å². The van der Waals surface area contributed by atoms with Gasteiger partial charge in [-0.15, -0.1) is 0 Å². The Kier molecular flexibility index (Phi) is 2.80. The van der Waals surface area contributed by atoms with Crippen molar-refractivity contribution in [1.29, 1.82) is 0 Å². The number of aromatic carboxylic acids is 1. The molecule has 4 nitrogen and oxygen atoms in total. The van der Waals surface area contributed by atoms with Crippen molar-refractivity contribution in [2.75, 3.05) is 0 Å². The molecular formula is C8H4ClNO3. The molecule has 1 rings (SSSR count). The molecule has 0 bridgehead atoms. The lowest BCUT2D eigenvalue weighted by atomic mass is 10.2. The van der Waals surface area contributed by atoms with Gasteiger partial charge in [-0.05, 0) is 18.2 Å². The molecule has 0 aliphatic heterocycles. The number of carboxylic acid groups (broad SMARTS) is 1. The molecule has 66 valence electrons. The molecule has 0 saturated heterocycles. The Morgan fingerprint density at radius 1 is 1.54 bits per heavy atom. The van der Waals surface area contributed by atoms with Gasteiger partial charge in [-0.3, -0.25) is 0 Å². The van der Waals surface area contributed by atoms with Crippen molar-refractivity contribution < 1.29 is 14.7 Å². The van der Waals surface area contributed by atoms with Crippen LogP contribution in [0.1, 0.15) is 10.4 Å². The third-order valence-electron chi connectivity index (χ3n) is 1.36. The molecule has 5 heteroatoms. The Balaban J connectivity index is 3.34. The topological polar surface area (TPSA) is 66.7 Å².